The molecule has 1 amide bonds. The van der Waals surface area contributed by atoms with Crippen molar-refractivity contribution in [2.45, 2.75) is 17.9 Å². The van der Waals surface area contributed by atoms with E-state index in [1.807, 2.05) is 6.26 Å². The third kappa shape index (κ3) is 4.52. The molecule has 0 radical (unpaired) electrons. The first-order valence-electron chi connectivity index (χ1n) is 7.87. The van der Waals surface area contributed by atoms with Crippen LogP contribution in [0.1, 0.15) is 29.1 Å². The zero-order valence-corrected chi connectivity index (χ0v) is 16.8. The predicted molar refractivity (Wildman–Crippen MR) is 108 cm³/mol. The SMILES string of the molecule is CSc1cc(Cl)cc(C(=O)NC(C)c2nc(N)nn2-c2ccc(Cl)cn2)c1. The van der Waals surface area contributed by atoms with Crippen LogP contribution < -0.4 is 11.1 Å². The fraction of sp³-hybridized carbons (Fsp3) is 0.176. The summed E-state index contributed by atoms with van der Waals surface area (Å²) in [7, 11) is 0. The number of halogens is 2. The van der Waals surface area contributed by atoms with Crippen LogP contribution in [-0.2, 0) is 0 Å². The van der Waals surface area contributed by atoms with Gasteiger partial charge in [0.25, 0.3) is 5.91 Å². The standard InChI is InChI=1S/C17H16Cl2N6OS/c1-9(22-16(26)10-5-12(19)7-13(6-10)27-2)15-23-17(20)24-25(15)14-4-3-11(18)8-21-14/h3-9H,1-2H3,(H2,20,24)(H,22,26). The molecule has 3 N–H and O–H groups in total. The molecule has 140 valence electrons. The van der Waals surface area contributed by atoms with E-state index in [0.717, 1.165) is 4.90 Å². The Kier molecular flexibility index (Phi) is 5.88. The van der Waals surface area contributed by atoms with Crippen LogP contribution in [0.2, 0.25) is 10.0 Å². The summed E-state index contributed by atoms with van der Waals surface area (Å²) in [4.78, 5) is 22.0. The minimum Gasteiger partial charge on any atom is -0.366 e. The van der Waals surface area contributed by atoms with Gasteiger partial charge in [0.2, 0.25) is 5.95 Å². The molecule has 0 aliphatic carbocycles. The van der Waals surface area contributed by atoms with Gasteiger partial charge in [0.05, 0.1) is 11.1 Å². The molecule has 0 bridgehead atoms. The van der Waals surface area contributed by atoms with Crippen LogP contribution in [0.15, 0.2) is 41.4 Å². The van der Waals surface area contributed by atoms with Crippen molar-refractivity contribution in [3.63, 3.8) is 0 Å². The number of nitrogens with two attached hydrogens (primary N) is 1. The second kappa shape index (κ2) is 8.16. The van der Waals surface area contributed by atoms with Gasteiger partial charge >= 0.3 is 0 Å². The Morgan fingerprint density at radius 1 is 1.26 bits per heavy atom. The molecule has 27 heavy (non-hydrogen) atoms. The number of thioether (sulfide) groups is 1. The first-order chi connectivity index (χ1) is 12.9. The topological polar surface area (TPSA) is 98.7 Å². The van der Waals surface area contributed by atoms with Crippen molar-refractivity contribution in [1.29, 1.82) is 0 Å². The van der Waals surface area contributed by atoms with E-state index in [2.05, 4.69) is 20.4 Å². The molecule has 0 fully saturated rings. The highest BCUT2D eigenvalue weighted by Crippen LogP contribution is 2.23. The number of carbonyl (C=O) groups excluding carboxylic acids is 1. The Labute approximate surface area is 170 Å². The van der Waals surface area contributed by atoms with Crippen LogP contribution in [0.5, 0.6) is 0 Å². The van der Waals surface area contributed by atoms with E-state index in [0.29, 0.717) is 27.3 Å². The quantitative estimate of drug-likeness (QED) is 0.607. The van der Waals surface area contributed by atoms with Gasteiger partial charge in [-0.05, 0) is 43.5 Å². The van der Waals surface area contributed by atoms with Crippen molar-refractivity contribution in [2.24, 2.45) is 0 Å². The number of anilines is 1. The Balaban J connectivity index is 1.86. The molecule has 3 rings (SSSR count). The lowest BCUT2D eigenvalue weighted by atomic mass is 10.2. The molecule has 7 nitrogen and oxygen atoms in total. The highest BCUT2D eigenvalue weighted by molar-refractivity contribution is 7.98. The van der Waals surface area contributed by atoms with E-state index in [1.165, 1.54) is 22.6 Å². The van der Waals surface area contributed by atoms with Gasteiger partial charge in [0.1, 0.15) is 0 Å². The molecule has 3 aromatic rings. The highest BCUT2D eigenvalue weighted by Gasteiger charge is 2.20. The summed E-state index contributed by atoms with van der Waals surface area (Å²) in [6.45, 7) is 1.79. The third-order valence-electron chi connectivity index (χ3n) is 3.68. The number of hydrogen-bond donors (Lipinski definition) is 2. The number of pyridine rings is 1. The average molecular weight is 423 g/mol. The number of benzene rings is 1. The van der Waals surface area contributed by atoms with Crippen LogP contribution in [0, 0.1) is 0 Å². The van der Waals surface area contributed by atoms with E-state index in [1.54, 1.807) is 37.3 Å². The zero-order valence-electron chi connectivity index (χ0n) is 14.5. The lowest BCUT2D eigenvalue weighted by Gasteiger charge is -2.14. The van der Waals surface area contributed by atoms with Crippen LogP contribution in [0.25, 0.3) is 5.82 Å². The molecule has 0 saturated carbocycles. The first-order valence-corrected chi connectivity index (χ1v) is 9.85. The molecule has 0 aliphatic heterocycles. The van der Waals surface area contributed by atoms with Crippen LogP contribution in [0.3, 0.4) is 0 Å². The van der Waals surface area contributed by atoms with Gasteiger partial charge in [-0.1, -0.05) is 23.2 Å². The Hall–Kier alpha value is -2.29. The number of nitrogen functional groups attached to an aromatic ring is 1. The van der Waals surface area contributed by atoms with E-state index in [-0.39, 0.29) is 11.9 Å². The zero-order chi connectivity index (χ0) is 19.6. The van der Waals surface area contributed by atoms with Crippen molar-refractivity contribution in [3.05, 3.63) is 58.0 Å². The molecule has 1 unspecified atom stereocenters. The predicted octanol–water partition coefficient (Wildman–Crippen LogP) is 3.76. The monoisotopic (exact) mass is 422 g/mol. The van der Waals surface area contributed by atoms with Crippen molar-refractivity contribution in [3.8, 4) is 5.82 Å². The maximum absolute atomic E-state index is 12.6. The van der Waals surface area contributed by atoms with Gasteiger partial charge in [-0.25, -0.2) is 4.98 Å². The van der Waals surface area contributed by atoms with Gasteiger partial charge < -0.3 is 11.1 Å². The fourth-order valence-corrected chi connectivity index (χ4v) is 3.34. The van der Waals surface area contributed by atoms with Gasteiger partial charge in [0.15, 0.2) is 11.6 Å². The van der Waals surface area contributed by atoms with Crippen LogP contribution in [0.4, 0.5) is 5.95 Å². The Morgan fingerprint density at radius 3 is 2.70 bits per heavy atom. The summed E-state index contributed by atoms with van der Waals surface area (Å²) in [6, 6.07) is 8.09. The van der Waals surface area contributed by atoms with Crippen molar-refractivity contribution >= 4 is 46.8 Å². The minimum atomic E-state index is -0.475. The summed E-state index contributed by atoms with van der Waals surface area (Å²) < 4.78 is 1.47. The van der Waals surface area contributed by atoms with E-state index >= 15 is 0 Å². The summed E-state index contributed by atoms with van der Waals surface area (Å²) >= 11 is 13.5. The van der Waals surface area contributed by atoms with Crippen LogP contribution in [-0.4, -0.2) is 31.9 Å². The highest BCUT2D eigenvalue weighted by atomic mass is 35.5. The van der Waals surface area contributed by atoms with Crippen LogP contribution >= 0.6 is 35.0 Å². The molecule has 2 aromatic heterocycles. The number of carbonyl (C=O) groups is 1. The first kappa shape index (κ1) is 19.5. The summed E-state index contributed by atoms with van der Waals surface area (Å²) in [5.41, 5.74) is 6.21. The molecule has 0 saturated heterocycles. The molecule has 1 atom stereocenters. The lowest BCUT2D eigenvalue weighted by Crippen LogP contribution is -2.28. The maximum Gasteiger partial charge on any atom is 0.251 e. The number of amides is 1. The second-order valence-electron chi connectivity index (χ2n) is 5.65. The Bertz CT molecular complexity index is 976. The molecular weight excluding hydrogens is 407 g/mol. The van der Waals surface area contributed by atoms with Gasteiger partial charge in [-0.15, -0.1) is 16.9 Å². The normalized spacial score (nSPS) is 12.0. The third-order valence-corrected chi connectivity index (χ3v) is 4.83. The molecule has 2 heterocycles. The minimum absolute atomic E-state index is 0.0790. The van der Waals surface area contributed by atoms with Gasteiger partial charge in [-0.2, -0.15) is 9.67 Å². The van der Waals surface area contributed by atoms with Crippen molar-refractivity contribution < 1.29 is 4.79 Å². The van der Waals surface area contributed by atoms with Gasteiger partial charge in [-0.3, -0.25) is 4.79 Å². The molecular formula is C17H16Cl2N6OS. The van der Waals surface area contributed by atoms with E-state index in [4.69, 9.17) is 28.9 Å². The largest absolute Gasteiger partial charge is 0.366 e. The number of nitrogens with one attached hydrogen (secondary N) is 1. The molecule has 0 aliphatic rings. The summed E-state index contributed by atoms with van der Waals surface area (Å²) in [5.74, 6) is 0.739. The molecule has 0 spiro atoms. The van der Waals surface area contributed by atoms with Crippen molar-refractivity contribution in [2.75, 3.05) is 12.0 Å². The van der Waals surface area contributed by atoms with Crippen molar-refractivity contribution in [1.82, 2.24) is 25.1 Å². The second-order valence-corrected chi connectivity index (χ2v) is 7.40. The lowest BCUT2D eigenvalue weighted by molar-refractivity contribution is 0.0937. The average Bonchev–Trinajstić information content (AvgIpc) is 3.03. The maximum atomic E-state index is 12.6. The fourth-order valence-electron chi connectivity index (χ4n) is 2.44. The van der Waals surface area contributed by atoms with E-state index < -0.39 is 6.04 Å². The number of aromatic nitrogens is 4. The number of rotatable bonds is 5. The Morgan fingerprint density at radius 2 is 2.04 bits per heavy atom. The van der Waals surface area contributed by atoms with E-state index in [9.17, 15) is 4.79 Å². The molecule has 1 aromatic carbocycles. The smallest absolute Gasteiger partial charge is 0.251 e. The van der Waals surface area contributed by atoms with Gasteiger partial charge in [0, 0.05) is 21.7 Å². The number of nitrogens with zero attached hydrogens (tertiary/aromatic N) is 4. The summed E-state index contributed by atoms with van der Waals surface area (Å²) in [5, 5.41) is 8.04. The summed E-state index contributed by atoms with van der Waals surface area (Å²) in [6.07, 6.45) is 3.41. The number of hydrogen-bond acceptors (Lipinski definition) is 6. The molecule has 10 heteroatoms.